The maximum atomic E-state index is 12.7. The van der Waals surface area contributed by atoms with Crippen LogP contribution in [-0.2, 0) is 10.0 Å². The fourth-order valence-electron chi connectivity index (χ4n) is 2.88. The molecule has 0 saturated carbocycles. The third-order valence-electron chi connectivity index (χ3n) is 4.28. The highest BCUT2D eigenvalue weighted by molar-refractivity contribution is 9.10. The van der Waals surface area contributed by atoms with Crippen LogP contribution in [0.3, 0.4) is 0 Å². The lowest BCUT2D eigenvalue weighted by atomic mass is 10.1. The summed E-state index contributed by atoms with van der Waals surface area (Å²) < 4.78 is 56.5. The van der Waals surface area contributed by atoms with Gasteiger partial charge in [0, 0.05) is 36.2 Å². The first-order chi connectivity index (χ1) is 13.3. The number of benzene rings is 2. The number of rotatable bonds is 5. The topological polar surface area (TPSA) is 66.9 Å². The van der Waals surface area contributed by atoms with Gasteiger partial charge in [-0.15, -0.1) is 0 Å². The molecule has 1 heterocycles. The molecule has 0 bridgehead atoms. The molecule has 0 spiro atoms. The van der Waals surface area contributed by atoms with E-state index in [1.807, 2.05) is 0 Å². The Morgan fingerprint density at radius 1 is 1.04 bits per heavy atom. The molecule has 2 aromatic rings. The Balaban J connectivity index is 1.66. The van der Waals surface area contributed by atoms with Gasteiger partial charge in [0.25, 0.3) is 5.91 Å². The fraction of sp³-hybridized carbons (Fsp3) is 0.278. The molecule has 150 valence electrons. The van der Waals surface area contributed by atoms with Crippen LogP contribution in [0.15, 0.2) is 57.9 Å². The first-order valence-electron chi connectivity index (χ1n) is 8.37. The highest BCUT2D eigenvalue weighted by Crippen LogP contribution is 2.22. The summed E-state index contributed by atoms with van der Waals surface area (Å²) in [6.07, 6.45) is 0. The van der Waals surface area contributed by atoms with Crippen molar-refractivity contribution < 1.29 is 26.7 Å². The van der Waals surface area contributed by atoms with Gasteiger partial charge in [-0.1, -0.05) is 22.0 Å². The molecule has 3 rings (SSSR count). The van der Waals surface area contributed by atoms with Crippen LogP contribution < -0.4 is 4.74 Å². The Morgan fingerprint density at radius 3 is 2.29 bits per heavy atom. The third kappa shape index (κ3) is 4.68. The summed E-state index contributed by atoms with van der Waals surface area (Å²) in [4.78, 5) is 14.3. The number of hydrogen-bond donors (Lipinski definition) is 0. The average Bonchev–Trinajstić information content (AvgIpc) is 2.67. The zero-order valence-corrected chi connectivity index (χ0v) is 17.0. The van der Waals surface area contributed by atoms with Gasteiger partial charge < -0.3 is 9.64 Å². The molecular formula is C18H17BrF2N2O4S. The largest absolute Gasteiger partial charge is 0.435 e. The summed E-state index contributed by atoms with van der Waals surface area (Å²) in [5.41, 5.74) is 0.211. The molecular weight excluding hydrogens is 458 g/mol. The zero-order chi connectivity index (χ0) is 20.3. The molecule has 2 aromatic carbocycles. The van der Waals surface area contributed by atoms with Crippen molar-refractivity contribution in [2.24, 2.45) is 0 Å². The Labute approximate surface area is 169 Å². The summed E-state index contributed by atoms with van der Waals surface area (Å²) in [5, 5.41) is 0. The summed E-state index contributed by atoms with van der Waals surface area (Å²) in [5.74, 6) is -0.460. The van der Waals surface area contributed by atoms with E-state index >= 15 is 0 Å². The molecule has 0 unspecified atom stereocenters. The number of sulfonamides is 1. The molecule has 6 nitrogen and oxygen atoms in total. The van der Waals surface area contributed by atoms with Crippen LogP contribution in [0.2, 0.25) is 0 Å². The standard InChI is InChI=1S/C18H17BrF2N2O4S/c19-14-4-6-16(7-5-14)28(25,26)23-10-8-22(9-11-23)17(24)13-2-1-3-15(12-13)27-18(20)21/h1-7,12,18H,8-11H2. The molecule has 28 heavy (non-hydrogen) atoms. The first kappa shape index (κ1) is 20.7. The molecule has 0 radical (unpaired) electrons. The number of piperazine rings is 1. The van der Waals surface area contributed by atoms with Gasteiger partial charge in [-0.05, 0) is 42.5 Å². The van der Waals surface area contributed by atoms with Crippen molar-refractivity contribution in [3.8, 4) is 5.75 Å². The number of halogens is 3. The number of amides is 1. The number of carbonyl (C=O) groups excluding carboxylic acids is 1. The highest BCUT2D eigenvalue weighted by atomic mass is 79.9. The van der Waals surface area contributed by atoms with Gasteiger partial charge in [-0.2, -0.15) is 13.1 Å². The number of ether oxygens (including phenoxy) is 1. The highest BCUT2D eigenvalue weighted by Gasteiger charge is 2.30. The summed E-state index contributed by atoms with van der Waals surface area (Å²) in [6.45, 7) is -2.27. The SMILES string of the molecule is O=C(c1cccc(OC(F)F)c1)N1CCN(S(=O)(=O)c2ccc(Br)cc2)CC1. The van der Waals surface area contributed by atoms with Crippen molar-refractivity contribution in [1.82, 2.24) is 9.21 Å². The Hall–Kier alpha value is -2.04. The monoisotopic (exact) mass is 474 g/mol. The lowest BCUT2D eigenvalue weighted by Crippen LogP contribution is -2.50. The molecule has 0 aliphatic carbocycles. The third-order valence-corrected chi connectivity index (χ3v) is 6.72. The van der Waals surface area contributed by atoms with Gasteiger partial charge in [-0.25, -0.2) is 8.42 Å². The fourth-order valence-corrected chi connectivity index (χ4v) is 4.56. The summed E-state index contributed by atoms with van der Waals surface area (Å²) >= 11 is 3.27. The Kier molecular flexibility index (Phi) is 6.31. The van der Waals surface area contributed by atoms with Gasteiger partial charge in [0.15, 0.2) is 0 Å². The maximum absolute atomic E-state index is 12.7. The van der Waals surface area contributed by atoms with Gasteiger partial charge >= 0.3 is 6.61 Å². The Bertz CT molecular complexity index is 946. The number of nitrogens with zero attached hydrogens (tertiary/aromatic N) is 2. The molecule has 10 heteroatoms. The number of alkyl halides is 2. The average molecular weight is 475 g/mol. The van der Waals surface area contributed by atoms with E-state index in [1.165, 1.54) is 45.6 Å². The molecule has 1 aliphatic rings. The van der Waals surface area contributed by atoms with Crippen LogP contribution in [0.25, 0.3) is 0 Å². The minimum atomic E-state index is -3.64. The van der Waals surface area contributed by atoms with E-state index in [9.17, 15) is 22.0 Å². The lowest BCUT2D eigenvalue weighted by Gasteiger charge is -2.34. The predicted octanol–water partition coefficient (Wildman–Crippen LogP) is 3.20. The number of carbonyl (C=O) groups is 1. The van der Waals surface area contributed by atoms with E-state index in [4.69, 9.17) is 0 Å². The quantitative estimate of drug-likeness (QED) is 0.667. The smallest absolute Gasteiger partial charge is 0.387 e. The van der Waals surface area contributed by atoms with E-state index in [1.54, 1.807) is 12.1 Å². The predicted molar refractivity (Wildman–Crippen MR) is 102 cm³/mol. The Morgan fingerprint density at radius 2 is 1.68 bits per heavy atom. The van der Waals surface area contributed by atoms with E-state index in [2.05, 4.69) is 20.7 Å². The van der Waals surface area contributed by atoms with Crippen LogP contribution in [0.1, 0.15) is 10.4 Å². The normalized spacial score (nSPS) is 15.6. The van der Waals surface area contributed by atoms with Crippen LogP contribution in [0.5, 0.6) is 5.75 Å². The van der Waals surface area contributed by atoms with Crippen molar-refractivity contribution in [1.29, 1.82) is 0 Å². The lowest BCUT2D eigenvalue weighted by molar-refractivity contribution is -0.0499. The molecule has 1 saturated heterocycles. The minimum Gasteiger partial charge on any atom is -0.435 e. The second-order valence-corrected chi connectivity index (χ2v) is 8.91. The summed E-state index contributed by atoms with van der Waals surface area (Å²) in [6, 6.07) is 11.9. The first-order valence-corrected chi connectivity index (χ1v) is 10.6. The molecule has 1 amide bonds. The second kappa shape index (κ2) is 8.54. The maximum Gasteiger partial charge on any atom is 0.387 e. The second-order valence-electron chi connectivity index (χ2n) is 6.06. The van der Waals surface area contributed by atoms with Crippen molar-refractivity contribution in [3.05, 3.63) is 58.6 Å². The van der Waals surface area contributed by atoms with Crippen LogP contribution >= 0.6 is 15.9 Å². The van der Waals surface area contributed by atoms with Crippen LogP contribution in [0, 0.1) is 0 Å². The van der Waals surface area contributed by atoms with Crippen molar-refractivity contribution in [2.75, 3.05) is 26.2 Å². The number of hydrogen-bond acceptors (Lipinski definition) is 4. The van der Waals surface area contributed by atoms with Crippen molar-refractivity contribution in [2.45, 2.75) is 11.5 Å². The van der Waals surface area contributed by atoms with Crippen LogP contribution in [-0.4, -0.2) is 56.3 Å². The van der Waals surface area contributed by atoms with Crippen molar-refractivity contribution >= 4 is 31.9 Å². The van der Waals surface area contributed by atoms with Crippen LogP contribution in [0.4, 0.5) is 8.78 Å². The molecule has 0 N–H and O–H groups in total. The zero-order valence-electron chi connectivity index (χ0n) is 14.6. The van der Waals surface area contributed by atoms with Gasteiger partial charge in [0.1, 0.15) is 5.75 Å². The van der Waals surface area contributed by atoms with E-state index < -0.39 is 16.6 Å². The minimum absolute atomic E-state index is 0.0997. The molecule has 0 aromatic heterocycles. The van der Waals surface area contributed by atoms with Gasteiger partial charge in [0.05, 0.1) is 4.90 Å². The summed E-state index contributed by atoms with van der Waals surface area (Å²) in [7, 11) is -3.64. The van der Waals surface area contributed by atoms with Gasteiger partial charge in [-0.3, -0.25) is 4.79 Å². The molecule has 1 aliphatic heterocycles. The van der Waals surface area contributed by atoms with Gasteiger partial charge in [0.2, 0.25) is 10.0 Å². The van der Waals surface area contributed by atoms with E-state index in [0.29, 0.717) is 0 Å². The van der Waals surface area contributed by atoms with E-state index in [0.717, 1.165) is 4.47 Å². The molecule has 0 atom stereocenters. The van der Waals surface area contributed by atoms with E-state index in [-0.39, 0.29) is 48.3 Å². The molecule has 1 fully saturated rings. The van der Waals surface area contributed by atoms with Crippen molar-refractivity contribution in [3.63, 3.8) is 0 Å².